The number of carbonyl (C=O) groups excluding carboxylic acids is 1. The van der Waals surface area contributed by atoms with Gasteiger partial charge in [0.2, 0.25) is 15.9 Å². The lowest BCUT2D eigenvalue weighted by Crippen LogP contribution is -2.47. The van der Waals surface area contributed by atoms with Gasteiger partial charge in [0.25, 0.3) is 0 Å². The van der Waals surface area contributed by atoms with Gasteiger partial charge in [0, 0.05) is 55.1 Å². The van der Waals surface area contributed by atoms with E-state index in [0.717, 1.165) is 81.1 Å². The molecule has 43 heavy (non-hydrogen) atoms. The molecular weight excluding hydrogens is 579 g/mol. The number of aromatic amines is 1. The van der Waals surface area contributed by atoms with Crippen LogP contribution in [0.15, 0.2) is 24.3 Å². The quantitative estimate of drug-likeness (QED) is 0.338. The summed E-state index contributed by atoms with van der Waals surface area (Å²) in [5.74, 6) is 0.335. The fourth-order valence-electron chi connectivity index (χ4n) is 7.63. The molecule has 3 aromatic rings. The molecule has 0 radical (unpaired) electrons. The molecule has 8 nitrogen and oxygen atoms in total. The molecule has 3 N–H and O–H groups in total. The Morgan fingerprint density at radius 2 is 1.53 bits per heavy atom. The number of H-pyrrole nitrogens is 1. The first-order chi connectivity index (χ1) is 20.4. The molecule has 2 bridgehead atoms. The Balaban J connectivity index is 1.22. The zero-order chi connectivity index (χ0) is 30.5. The van der Waals surface area contributed by atoms with Gasteiger partial charge in [-0.05, 0) is 102 Å². The van der Waals surface area contributed by atoms with Crippen molar-refractivity contribution in [3.63, 3.8) is 0 Å². The number of sulfonamides is 1. The van der Waals surface area contributed by atoms with Crippen LogP contribution in [-0.4, -0.2) is 91.1 Å². The molecule has 10 heteroatoms. The van der Waals surface area contributed by atoms with Gasteiger partial charge in [-0.15, -0.1) is 11.3 Å². The third kappa shape index (κ3) is 6.45. The lowest BCUT2D eigenvalue weighted by atomic mass is 9.88. The molecule has 1 aromatic carbocycles. The Morgan fingerprint density at radius 1 is 0.953 bits per heavy atom. The topological polar surface area (TPSA) is 103 Å². The minimum atomic E-state index is -3.40. The normalized spacial score (nSPS) is 21.8. The van der Waals surface area contributed by atoms with Crippen molar-refractivity contribution >= 4 is 37.5 Å². The Hall–Kier alpha value is -2.24. The highest BCUT2D eigenvalue weighted by atomic mass is 32.2. The second kappa shape index (κ2) is 11.9. The molecule has 0 spiro atoms. The van der Waals surface area contributed by atoms with E-state index in [1.165, 1.54) is 33.3 Å². The SMILES string of the molecule is Cc1cc(C)cc(-c2[nH]c3sc(C(C)(C)C(=O)N4C5CCC4CC5)cc3c2CCN2CCN(CCCS(N)(=O)=O)CC2)c1. The van der Waals surface area contributed by atoms with Gasteiger partial charge in [-0.3, -0.25) is 4.79 Å². The van der Waals surface area contributed by atoms with Crippen LogP contribution in [0, 0.1) is 13.8 Å². The Kier molecular flexibility index (Phi) is 8.54. The zero-order valence-corrected chi connectivity index (χ0v) is 27.7. The molecule has 1 amide bonds. The second-order valence-electron chi connectivity index (χ2n) is 13.7. The average Bonchev–Trinajstić information content (AvgIpc) is 3.71. The van der Waals surface area contributed by atoms with Crippen molar-refractivity contribution in [1.29, 1.82) is 0 Å². The molecule has 3 aliphatic heterocycles. The second-order valence-corrected chi connectivity index (χ2v) is 16.4. The summed E-state index contributed by atoms with van der Waals surface area (Å²) in [5, 5.41) is 6.43. The summed E-state index contributed by atoms with van der Waals surface area (Å²) in [4.78, 5) is 27.1. The predicted octanol–water partition coefficient (Wildman–Crippen LogP) is 4.78. The molecule has 6 rings (SSSR count). The van der Waals surface area contributed by atoms with Crippen molar-refractivity contribution < 1.29 is 13.2 Å². The van der Waals surface area contributed by atoms with Crippen LogP contribution in [0.2, 0.25) is 0 Å². The van der Waals surface area contributed by atoms with E-state index in [-0.39, 0.29) is 5.75 Å². The summed E-state index contributed by atoms with van der Waals surface area (Å²) in [6.45, 7) is 14.1. The smallest absolute Gasteiger partial charge is 0.233 e. The van der Waals surface area contributed by atoms with Crippen LogP contribution in [0.25, 0.3) is 21.5 Å². The first-order valence-corrected chi connectivity index (χ1v) is 18.4. The summed E-state index contributed by atoms with van der Waals surface area (Å²) < 4.78 is 22.6. The highest BCUT2D eigenvalue weighted by molar-refractivity contribution is 7.89. The van der Waals surface area contributed by atoms with Gasteiger partial charge >= 0.3 is 0 Å². The van der Waals surface area contributed by atoms with Crippen molar-refractivity contribution in [3.05, 3.63) is 45.8 Å². The Bertz CT molecular complexity index is 1560. The van der Waals surface area contributed by atoms with E-state index in [2.05, 4.69) is 71.6 Å². The number of hydrogen-bond donors (Lipinski definition) is 2. The predicted molar refractivity (Wildman–Crippen MR) is 176 cm³/mol. The zero-order valence-electron chi connectivity index (χ0n) is 26.1. The van der Waals surface area contributed by atoms with E-state index in [4.69, 9.17) is 5.14 Å². The molecule has 0 atom stereocenters. The maximum atomic E-state index is 13.9. The molecule has 3 saturated heterocycles. The Morgan fingerprint density at radius 3 is 2.12 bits per heavy atom. The third-order valence-electron chi connectivity index (χ3n) is 9.99. The minimum Gasteiger partial charge on any atom is -0.346 e. The summed E-state index contributed by atoms with van der Waals surface area (Å²) in [5.41, 5.74) is 5.72. The van der Waals surface area contributed by atoms with Crippen molar-refractivity contribution in [1.82, 2.24) is 19.7 Å². The summed E-state index contributed by atoms with van der Waals surface area (Å²) in [6, 6.07) is 9.92. The number of nitrogens with two attached hydrogens (primary N) is 1. The highest BCUT2D eigenvalue weighted by Gasteiger charge is 2.47. The molecule has 0 unspecified atom stereocenters. The average molecular weight is 626 g/mol. The number of carbonyl (C=O) groups is 1. The minimum absolute atomic E-state index is 0.0438. The number of nitrogens with zero attached hydrogens (tertiary/aromatic N) is 3. The van der Waals surface area contributed by atoms with Crippen LogP contribution >= 0.6 is 11.3 Å². The molecule has 3 aliphatic rings. The number of nitrogens with one attached hydrogen (secondary N) is 1. The van der Waals surface area contributed by atoms with Crippen LogP contribution in [0.5, 0.6) is 0 Å². The van der Waals surface area contributed by atoms with Crippen LogP contribution in [-0.2, 0) is 26.7 Å². The molecule has 2 aromatic heterocycles. The monoisotopic (exact) mass is 625 g/mol. The van der Waals surface area contributed by atoms with Gasteiger partial charge < -0.3 is 19.7 Å². The number of benzene rings is 1. The maximum Gasteiger partial charge on any atom is 0.233 e. The van der Waals surface area contributed by atoms with E-state index in [9.17, 15) is 13.2 Å². The molecule has 0 aliphatic carbocycles. The lowest BCUT2D eigenvalue weighted by Gasteiger charge is -2.34. The molecule has 5 heterocycles. The number of amides is 1. The van der Waals surface area contributed by atoms with E-state index < -0.39 is 15.4 Å². The molecule has 0 saturated carbocycles. The van der Waals surface area contributed by atoms with Crippen LogP contribution in [0.4, 0.5) is 0 Å². The number of fused-ring (bicyclic) bond motifs is 3. The fraction of sp³-hybridized carbons (Fsp3) is 0.606. The first kappa shape index (κ1) is 30.8. The molecular formula is C33H47N5O3S2. The number of thiophene rings is 1. The number of rotatable bonds is 10. The Labute approximate surface area is 260 Å². The summed E-state index contributed by atoms with van der Waals surface area (Å²) in [6.07, 6.45) is 6.14. The first-order valence-electron chi connectivity index (χ1n) is 15.9. The van der Waals surface area contributed by atoms with Crippen molar-refractivity contribution in [2.75, 3.05) is 45.0 Å². The van der Waals surface area contributed by atoms with Crippen molar-refractivity contribution in [2.45, 2.75) is 83.7 Å². The fourth-order valence-corrected chi connectivity index (χ4v) is 9.35. The number of piperazine rings is 1. The van der Waals surface area contributed by atoms with E-state index >= 15 is 0 Å². The van der Waals surface area contributed by atoms with Crippen LogP contribution < -0.4 is 5.14 Å². The number of primary sulfonamides is 1. The maximum absolute atomic E-state index is 13.9. The van der Waals surface area contributed by atoms with Crippen LogP contribution in [0.1, 0.15) is 67.5 Å². The van der Waals surface area contributed by atoms with E-state index in [1.807, 2.05) is 0 Å². The number of hydrogen-bond acceptors (Lipinski definition) is 6. The van der Waals surface area contributed by atoms with Crippen LogP contribution in [0.3, 0.4) is 0 Å². The van der Waals surface area contributed by atoms with Gasteiger partial charge in [0.1, 0.15) is 4.83 Å². The van der Waals surface area contributed by atoms with Gasteiger partial charge in [0.15, 0.2) is 0 Å². The van der Waals surface area contributed by atoms with Crippen molar-refractivity contribution in [2.24, 2.45) is 5.14 Å². The van der Waals surface area contributed by atoms with E-state index in [0.29, 0.717) is 24.4 Å². The van der Waals surface area contributed by atoms with E-state index in [1.54, 1.807) is 11.3 Å². The van der Waals surface area contributed by atoms with Gasteiger partial charge in [-0.2, -0.15) is 0 Å². The largest absolute Gasteiger partial charge is 0.346 e. The molecule has 3 fully saturated rings. The van der Waals surface area contributed by atoms with Gasteiger partial charge in [-0.1, -0.05) is 17.2 Å². The summed E-state index contributed by atoms with van der Waals surface area (Å²) in [7, 11) is -3.40. The highest BCUT2D eigenvalue weighted by Crippen LogP contribution is 2.44. The lowest BCUT2D eigenvalue weighted by molar-refractivity contribution is -0.137. The molecule has 234 valence electrons. The van der Waals surface area contributed by atoms with Gasteiger partial charge in [0.05, 0.1) is 16.9 Å². The summed E-state index contributed by atoms with van der Waals surface area (Å²) >= 11 is 1.75. The third-order valence-corrected chi connectivity index (χ3v) is 12.2. The standard InChI is InChI=1S/C33H47N5O3S2/c1-22-18-23(2)20-24(19-22)30-27(10-12-37-15-13-36(14-16-37)11-5-17-43(34,40)41)28-21-29(42-31(28)35-30)33(3,4)32(39)38-25-6-7-26(38)9-8-25/h18-21,25-26,35H,5-17H2,1-4H3,(H2,34,40,41). The number of aryl methyl sites for hydroxylation is 2. The number of aromatic nitrogens is 1. The van der Waals surface area contributed by atoms with Crippen molar-refractivity contribution in [3.8, 4) is 11.3 Å². The van der Waals surface area contributed by atoms with Gasteiger partial charge in [-0.25, -0.2) is 13.6 Å².